The van der Waals surface area contributed by atoms with Crippen LogP contribution in [-0.2, 0) is 32.3 Å². The van der Waals surface area contributed by atoms with E-state index in [1.54, 1.807) is 42.5 Å². The zero-order valence-electron chi connectivity index (χ0n) is 32.4. The third-order valence-electron chi connectivity index (χ3n) is 10.7. The van der Waals surface area contributed by atoms with Crippen molar-refractivity contribution < 1.29 is 38.5 Å². The van der Waals surface area contributed by atoms with Gasteiger partial charge in [-0.15, -0.1) is 0 Å². The summed E-state index contributed by atoms with van der Waals surface area (Å²) in [6.07, 6.45) is -1.43. The zero-order chi connectivity index (χ0) is 42.9. The van der Waals surface area contributed by atoms with Crippen molar-refractivity contribution >= 4 is 58.3 Å². The molecule has 61 heavy (non-hydrogen) atoms. The van der Waals surface area contributed by atoms with Gasteiger partial charge in [-0.05, 0) is 0 Å². The average Bonchev–Trinajstić information content (AvgIpc) is 3.30. The van der Waals surface area contributed by atoms with Crippen molar-refractivity contribution in [2.45, 2.75) is 37.5 Å². The minimum absolute atomic E-state index is 0.117. The number of hydrogen-bond donors (Lipinski definition) is 1. The van der Waals surface area contributed by atoms with Gasteiger partial charge in [0.2, 0.25) is 0 Å². The Hall–Kier alpha value is -7.57. The van der Waals surface area contributed by atoms with Crippen LogP contribution in [0, 0.1) is 20.2 Å². The Balaban J connectivity index is 1.36. The third-order valence-corrected chi connectivity index (χ3v) is 15.8. The Morgan fingerprint density at radius 2 is 1.02 bits per heavy atom. The van der Waals surface area contributed by atoms with E-state index in [9.17, 15) is 34.6 Å². The number of β-lactam (4-membered cyclic amide) rings is 1. The summed E-state index contributed by atoms with van der Waals surface area (Å²) in [5.74, 6) is -3.45. The van der Waals surface area contributed by atoms with Crippen LogP contribution in [0.25, 0.3) is 0 Å². The maximum atomic E-state index is 15.3. The van der Waals surface area contributed by atoms with Crippen LogP contribution in [0.4, 0.5) is 16.2 Å². The molecule has 0 saturated carbocycles. The number of hydrogen-bond acceptors (Lipinski definition) is 10. The standard InChI is InChI=1S/C46H39N4O10P/c51-41(32-17-5-1-6-18-32)29-40-42(47-46(54)60-31-34-20-14-16-28-39(34)50(57)58)43(52)48(40)44(45(53)59-30-33-19-13-15-27-38(33)49(55)56)61(35-21-7-2-8-22-35,36-23-9-3-10-24-36)37-25-11-4-12-26-37/h1-28,40,42,44,61H,29-31H2,(H,47,54). The Morgan fingerprint density at radius 1 is 0.607 bits per heavy atom. The molecular formula is C46H39N4O10P. The number of nitrogens with one attached hydrogen (secondary N) is 1. The van der Waals surface area contributed by atoms with Crippen molar-refractivity contribution in [3.8, 4) is 0 Å². The number of alkyl carbamates (subject to hydrolysis) is 1. The van der Waals surface area contributed by atoms with Gasteiger partial charge < -0.3 is 0 Å². The van der Waals surface area contributed by atoms with Crippen molar-refractivity contribution in [1.29, 1.82) is 0 Å². The minimum atomic E-state index is -3.91. The molecule has 2 amide bonds. The maximum absolute atomic E-state index is 15.3. The topological polar surface area (TPSA) is 188 Å². The van der Waals surface area contributed by atoms with Crippen LogP contribution < -0.4 is 21.2 Å². The summed E-state index contributed by atoms with van der Waals surface area (Å²) in [6, 6.07) is 45.1. The van der Waals surface area contributed by atoms with Gasteiger partial charge in [-0.25, -0.2) is 0 Å². The Bertz CT molecular complexity index is 2470. The van der Waals surface area contributed by atoms with Crippen LogP contribution in [0.3, 0.4) is 0 Å². The molecule has 0 bridgehead atoms. The van der Waals surface area contributed by atoms with Crippen LogP contribution in [0.2, 0.25) is 0 Å². The molecular weight excluding hydrogens is 799 g/mol. The summed E-state index contributed by atoms with van der Waals surface area (Å²) < 4.78 is 11.5. The van der Waals surface area contributed by atoms with E-state index < -0.39 is 66.2 Å². The molecule has 15 heteroatoms. The number of esters is 1. The van der Waals surface area contributed by atoms with E-state index >= 15 is 4.79 Å². The molecule has 0 aliphatic carbocycles. The van der Waals surface area contributed by atoms with E-state index in [2.05, 4.69) is 5.32 Å². The van der Waals surface area contributed by atoms with Crippen LogP contribution in [-0.4, -0.2) is 56.4 Å². The quantitative estimate of drug-likeness (QED) is 0.0286. The van der Waals surface area contributed by atoms with Gasteiger partial charge in [0.15, 0.2) is 0 Å². The van der Waals surface area contributed by atoms with Crippen LogP contribution in [0.5, 0.6) is 0 Å². The van der Waals surface area contributed by atoms with Gasteiger partial charge in [0.25, 0.3) is 0 Å². The first-order valence-corrected chi connectivity index (χ1v) is 21.3. The second kappa shape index (κ2) is 18.6. The first kappa shape index (κ1) is 41.6. The Labute approximate surface area is 350 Å². The average molecular weight is 839 g/mol. The summed E-state index contributed by atoms with van der Waals surface area (Å²) in [5, 5.41) is 28.3. The van der Waals surface area contributed by atoms with Crippen LogP contribution in [0.1, 0.15) is 27.9 Å². The number of ketones is 1. The van der Waals surface area contributed by atoms with E-state index in [0.29, 0.717) is 21.5 Å². The van der Waals surface area contributed by atoms with Crippen molar-refractivity contribution in [3.63, 3.8) is 0 Å². The van der Waals surface area contributed by atoms with Gasteiger partial charge in [-0.3, -0.25) is 0 Å². The fourth-order valence-electron chi connectivity index (χ4n) is 7.93. The number of carbonyl (C=O) groups is 4. The molecule has 1 aliphatic rings. The summed E-state index contributed by atoms with van der Waals surface area (Å²) in [5.41, 5.74) is 0.0366. The normalized spacial score (nSPS) is 15.4. The van der Waals surface area contributed by atoms with Gasteiger partial charge in [0.1, 0.15) is 0 Å². The van der Waals surface area contributed by atoms with Crippen LogP contribution >= 0.6 is 7.26 Å². The summed E-state index contributed by atoms with van der Waals surface area (Å²) in [4.78, 5) is 81.6. The van der Waals surface area contributed by atoms with Crippen molar-refractivity contribution in [3.05, 3.63) is 207 Å². The van der Waals surface area contributed by atoms with E-state index in [1.807, 2.05) is 91.0 Å². The van der Waals surface area contributed by atoms with Gasteiger partial charge in [0, 0.05) is 0 Å². The number of para-hydroxylation sites is 2. The van der Waals surface area contributed by atoms with E-state index in [1.165, 1.54) is 41.3 Å². The monoisotopic (exact) mass is 838 g/mol. The molecule has 6 aromatic carbocycles. The number of likely N-dealkylation sites (tertiary alicyclic amines) is 1. The second-order valence-corrected chi connectivity index (χ2v) is 18.1. The summed E-state index contributed by atoms with van der Waals surface area (Å²) >= 11 is 0. The molecule has 0 spiro atoms. The van der Waals surface area contributed by atoms with E-state index in [-0.39, 0.29) is 34.7 Å². The number of nitrogens with zero attached hydrogens (tertiary/aromatic N) is 3. The van der Waals surface area contributed by atoms with Crippen LogP contribution in [0.15, 0.2) is 170 Å². The van der Waals surface area contributed by atoms with Gasteiger partial charge in [-0.1, -0.05) is 0 Å². The molecule has 1 fully saturated rings. The third kappa shape index (κ3) is 8.61. The molecule has 3 unspecified atom stereocenters. The number of ether oxygens (including phenoxy) is 2. The second-order valence-electron chi connectivity index (χ2n) is 14.2. The van der Waals surface area contributed by atoms with Crippen molar-refractivity contribution in [2.24, 2.45) is 0 Å². The molecule has 0 radical (unpaired) electrons. The van der Waals surface area contributed by atoms with Gasteiger partial charge in [-0.2, -0.15) is 0 Å². The van der Waals surface area contributed by atoms with Gasteiger partial charge >= 0.3 is 351 Å². The predicted molar refractivity (Wildman–Crippen MR) is 229 cm³/mol. The number of amides is 2. The molecule has 1 heterocycles. The summed E-state index contributed by atoms with van der Waals surface area (Å²) in [6.45, 7) is -1.00. The predicted octanol–water partition coefficient (Wildman–Crippen LogP) is 6.38. The molecule has 7 rings (SSSR count). The number of nitro benzene ring substituents is 2. The molecule has 6 aromatic rings. The number of benzene rings is 6. The summed E-state index contributed by atoms with van der Waals surface area (Å²) in [7, 11) is -3.91. The number of Topliss-reactive ketones (excluding diaryl/α,β-unsaturated/α-hetero) is 1. The number of nitro groups is 2. The molecule has 308 valence electrons. The number of carbonyl (C=O) groups excluding carboxylic acids is 4. The van der Waals surface area contributed by atoms with Crippen molar-refractivity contribution in [2.75, 3.05) is 0 Å². The Kier molecular flexibility index (Phi) is 12.7. The molecule has 3 atom stereocenters. The zero-order valence-corrected chi connectivity index (χ0v) is 33.4. The molecule has 0 aromatic heterocycles. The molecule has 1 saturated heterocycles. The molecule has 14 nitrogen and oxygen atoms in total. The fraction of sp³-hybridized carbons (Fsp3) is 0.130. The Morgan fingerprint density at radius 3 is 1.48 bits per heavy atom. The molecule has 1 aliphatic heterocycles. The first-order valence-electron chi connectivity index (χ1n) is 19.2. The first-order chi connectivity index (χ1) is 29.6. The number of rotatable bonds is 16. The van der Waals surface area contributed by atoms with E-state index in [0.717, 1.165) is 0 Å². The fourth-order valence-corrected chi connectivity index (χ4v) is 13.2. The molecule has 1 N–H and O–H groups in total. The van der Waals surface area contributed by atoms with Crippen molar-refractivity contribution in [1.82, 2.24) is 10.2 Å². The van der Waals surface area contributed by atoms with Gasteiger partial charge in [0.05, 0.1) is 0 Å². The SMILES string of the molecule is O=C(NC1C(=O)N(C(C(=O)OCc2ccccc2[N+](=O)[O-])[PH](c2ccccc2)(c2ccccc2)c2ccccc2)C1CC(=O)c1ccccc1)OCc1ccccc1[N+](=O)[O-]. The van der Waals surface area contributed by atoms with E-state index in [4.69, 9.17) is 9.47 Å².